The molecule has 44 heavy (non-hydrogen) atoms. The third kappa shape index (κ3) is 5.60. The first kappa shape index (κ1) is 27.0. The molecule has 0 bridgehead atoms. The van der Waals surface area contributed by atoms with Gasteiger partial charge >= 0.3 is 0 Å². The second kappa shape index (κ2) is 12.1. The number of benzene rings is 4. The van der Waals surface area contributed by atoms with E-state index in [2.05, 4.69) is 65.7 Å². The van der Waals surface area contributed by atoms with Gasteiger partial charge in [0.05, 0.1) is 0 Å². The minimum atomic E-state index is 0.355. The predicted octanol–water partition coefficient (Wildman–Crippen LogP) is 6.19. The van der Waals surface area contributed by atoms with Crippen molar-refractivity contribution in [3.05, 3.63) is 132 Å². The normalized spacial score (nSPS) is 11.1. The van der Waals surface area contributed by atoms with Crippen LogP contribution in [0.5, 0.6) is 11.8 Å². The molecule has 0 radical (unpaired) electrons. The van der Waals surface area contributed by atoms with Gasteiger partial charge in [0.15, 0.2) is 11.3 Å². The van der Waals surface area contributed by atoms with Crippen LogP contribution in [0.1, 0.15) is 22.5 Å². The summed E-state index contributed by atoms with van der Waals surface area (Å²) in [7, 11) is 0. The van der Waals surface area contributed by atoms with E-state index >= 15 is 0 Å². The summed E-state index contributed by atoms with van der Waals surface area (Å²) in [5.74, 6) is 2.20. The number of hydrogen-bond donors (Lipinski definition) is 1. The first-order valence-electron chi connectivity index (χ1n) is 14.2. The lowest BCUT2D eigenvalue weighted by Gasteiger charge is -2.13. The van der Waals surface area contributed by atoms with Crippen LogP contribution in [-0.4, -0.2) is 40.4 Å². The van der Waals surface area contributed by atoms with Crippen LogP contribution in [-0.2, 0) is 19.8 Å². The molecule has 7 aromatic rings. The van der Waals surface area contributed by atoms with Crippen molar-refractivity contribution in [2.45, 2.75) is 26.7 Å². The van der Waals surface area contributed by atoms with Crippen LogP contribution in [0.25, 0.3) is 33.5 Å². The highest BCUT2D eigenvalue weighted by Crippen LogP contribution is 2.33. The molecule has 0 fully saturated rings. The van der Waals surface area contributed by atoms with Gasteiger partial charge in [0.25, 0.3) is 11.8 Å². The molecule has 0 unspecified atom stereocenters. The highest BCUT2D eigenvalue weighted by atomic mass is 16.5. The number of tetrazole rings is 1. The molecule has 0 amide bonds. The largest absolute Gasteiger partial charge is 0.470 e. The SMILES string of the molecule is Cc1nc2c(OCc3ccccc3)nnc(OCc3ccccc3)c2n1Cc1ccc(-c2ccccc2-c2nnn[nH]2)cc1. The van der Waals surface area contributed by atoms with E-state index < -0.39 is 0 Å². The van der Waals surface area contributed by atoms with Crippen LogP contribution in [0, 0.1) is 6.92 Å². The number of rotatable bonds is 10. The van der Waals surface area contributed by atoms with E-state index in [-0.39, 0.29) is 0 Å². The lowest BCUT2D eigenvalue weighted by molar-refractivity contribution is 0.277. The number of imidazole rings is 1. The summed E-state index contributed by atoms with van der Waals surface area (Å²) in [6, 6.07) is 36.4. The fraction of sp³-hybridized carbons (Fsp3) is 0.118. The van der Waals surface area contributed by atoms with Gasteiger partial charge in [0.1, 0.15) is 24.6 Å². The number of aromatic nitrogens is 8. The lowest BCUT2D eigenvalue weighted by atomic mass is 9.98. The van der Waals surface area contributed by atoms with Crippen molar-refractivity contribution in [2.75, 3.05) is 0 Å². The molecule has 0 saturated carbocycles. The molecule has 0 aliphatic rings. The topological polar surface area (TPSA) is 117 Å². The van der Waals surface area contributed by atoms with E-state index in [9.17, 15) is 0 Å². The van der Waals surface area contributed by atoms with E-state index in [1.165, 1.54) is 0 Å². The van der Waals surface area contributed by atoms with Crippen molar-refractivity contribution in [2.24, 2.45) is 0 Å². The van der Waals surface area contributed by atoms with Gasteiger partial charge in [0.2, 0.25) is 0 Å². The summed E-state index contributed by atoms with van der Waals surface area (Å²) in [5, 5.41) is 23.3. The molecular weight excluding hydrogens is 552 g/mol. The third-order valence-electron chi connectivity index (χ3n) is 7.37. The summed E-state index contributed by atoms with van der Waals surface area (Å²) >= 11 is 0. The summed E-state index contributed by atoms with van der Waals surface area (Å²) in [5.41, 5.74) is 7.54. The molecule has 0 aliphatic carbocycles. The van der Waals surface area contributed by atoms with Crippen molar-refractivity contribution >= 4 is 11.0 Å². The average molecular weight is 581 g/mol. The zero-order valence-corrected chi connectivity index (χ0v) is 24.0. The number of H-pyrrole nitrogens is 1. The number of fused-ring (bicyclic) bond motifs is 1. The van der Waals surface area contributed by atoms with Gasteiger partial charge in [-0.1, -0.05) is 109 Å². The monoisotopic (exact) mass is 580 g/mol. The maximum absolute atomic E-state index is 6.23. The molecule has 10 nitrogen and oxygen atoms in total. The van der Waals surface area contributed by atoms with Gasteiger partial charge < -0.3 is 14.0 Å². The second-order valence-electron chi connectivity index (χ2n) is 10.3. The molecule has 10 heteroatoms. The Morgan fingerprint density at radius 1 is 0.636 bits per heavy atom. The molecule has 0 aliphatic heterocycles. The molecular formula is C34H28N8O2. The average Bonchev–Trinajstić information content (AvgIpc) is 3.73. The number of nitrogens with zero attached hydrogens (tertiary/aromatic N) is 7. The lowest BCUT2D eigenvalue weighted by Crippen LogP contribution is -2.07. The number of aryl methyl sites for hydroxylation is 1. The number of nitrogens with one attached hydrogen (secondary N) is 1. The Morgan fingerprint density at radius 2 is 1.25 bits per heavy atom. The fourth-order valence-electron chi connectivity index (χ4n) is 5.14. The van der Waals surface area contributed by atoms with Crippen molar-refractivity contribution in [1.29, 1.82) is 0 Å². The van der Waals surface area contributed by atoms with Crippen molar-refractivity contribution < 1.29 is 9.47 Å². The highest BCUT2D eigenvalue weighted by molar-refractivity contribution is 5.85. The van der Waals surface area contributed by atoms with Crippen molar-refractivity contribution in [3.63, 3.8) is 0 Å². The first-order chi connectivity index (χ1) is 21.7. The highest BCUT2D eigenvalue weighted by Gasteiger charge is 2.21. The predicted molar refractivity (Wildman–Crippen MR) is 166 cm³/mol. The van der Waals surface area contributed by atoms with E-state index in [1.54, 1.807) is 0 Å². The number of aromatic amines is 1. The maximum atomic E-state index is 6.23. The molecule has 3 aromatic heterocycles. The zero-order valence-electron chi connectivity index (χ0n) is 24.0. The zero-order chi connectivity index (χ0) is 29.7. The van der Waals surface area contributed by atoms with Gasteiger partial charge in [-0.2, -0.15) is 0 Å². The first-order valence-corrected chi connectivity index (χ1v) is 14.2. The van der Waals surface area contributed by atoms with Crippen LogP contribution in [0.15, 0.2) is 109 Å². The minimum absolute atomic E-state index is 0.355. The second-order valence-corrected chi connectivity index (χ2v) is 10.3. The minimum Gasteiger partial charge on any atom is -0.470 e. The molecule has 7 rings (SSSR count). The standard InChI is InChI=1S/C34H28N8O2/c1-23-35-30-31(34(44-22-26-12-6-3-7-13-26)39-38-33(30)43-21-25-10-4-2-5-11-25)42(23)20-24-16-18-27(19-17-24)28-14-8-9-15-29(28)32-36-40-41-37-32/h2-19H,20-22H2,1H3,(H,36,37,40,41). The van der Waals surface area contributed by atoms with Gasteiger partial charge in [-0.25, -0.2) is 10.1 Å². The Morgan fingerprint density at radius 3 is 1.91 bits per heavy atom. The van der Waals surface area contributed by atoms with E-state index in [4.69, 9.17) is 14.5 Å². The Kier molecular flexibility index (Phi) is 7.44. The van der Waals surface area contributed by atoms with Crippen molar-refractivity contribution in [1.82, 2.24) is 40.4 Å². The van der Waals surface area contributed by atoms with Gasteiger partial charge in [0, 0.05) is 12.1 Å². The molecule has 1 N–H and O–H groups in total. The summed E-state index contributed by atoms with van der Waals surface area (Å²) in [6.45, 7) is 3.24. The molecule has 4 aromatic carbocycles. The molecule has 3 heterocycles. The third-order valence-corrected chi connectivity index (χ3v) is 7.37. The Balaban J connectivity index is 1.21. The van der Waals surface area contributed by atoms with E-state index in [0.717, 1.165) is 44.7 Å². The summed E-state index contributed by atoms with van der Waals surface area (Å²) in [6.07, 6.45) is 0. The Bertz CT molecular complexity index is 1990. The summed E-state index contributed by atoms with van der Waals surface area (Å²) < 4.78 is 14.5. The van der Waals surface area contributed by atoms with Crippen LogP contribution in [0.2, 0.25) is 0 Å². The van der Waals surface area contributed by atoms with Gasteiger partial charge in [-0.3, -0.25) is 0 Å². The van der Waals surface area contributed by atoms with E-state index in [1.807, 2.05) is 85.8 Å². The maximum Gasteiger partial charge on any atom is 0.262 e. The quantitative estimate of drug-likeness (QED) is 0.204. The van der Waals surface area contributed by atoms with Crippen LogP contribution in [0.4, 0.5) is 0 Å². The molecule has 216 valence electrons. The van der Waals surface area contributed by atoms with Gasteiger partial charge in [-0.15, -0.1) is 15.3 Å². The number of hydrogen-bond acceptors (Lipinski definition) is 8. The fourth-order valence-corrected chi connectivity index (χ4v) is 5.14. The Hall–Kier alpha value is -5.90. The molecule has 0 spiro atoms. The molecule has 0 atom stereocenters. The van der Waals surface area contributed by atoms with E-state index in [0.29, 0.717) is 42.9 Å². The smallest absolute Gasteiger partial charge is 0.262 e. The van der Waals surface area contributed by atoms with Crippen molar-refractivity contribution in [3.8, 4) is 34.3 Å². The Labute approximate surface area is 253 Å². The number of ether oxygens (including phenoxy) is 2. The molecule has 0 saturated heterocycles. The summed E-state index contributed by atoms with van der Waals surface area (Å²) in [4.78, 5) is 4.88. The van der Waals surface area contributed by atoms with Crippen LogP contribution >= 0.6 is 0 Å². The van der Waals surface area contributed by atoms with Crippen LogP contribution in [0.3, 0.4) is 0 Å². The van der Waals surface area contributed by atoms with Crippen LogP contribution < -0.4 is 9.47 Å². The van der Waals surface area contributed by atoms with Gasteiger partial charge in [-0.05, 0) is 45.2 Å².